The van der Waals surface area contributed by atoms with Crippen LogP contribution in [0.3, 0.4) is 0 Å². The molecule has 0 aliphatic carbocycles. The first kappa shape index (κ1) is 47.8. The smallest absolute Gasteiger partial charge is 0.344 e. The Morgan fingerprint density at radius 1 is 0.621 bits per heavy atom. The van der Waals surface area contributed by atoms with E-state index in [1.807, 2.05) is 47.9 Å². The van der Waals surface area contributed by atoms with Crippen molar-refractivity contribution in [3.8, 4) is 17.2 Å². The third-order valence-electron chi connectivity index (χ3n) is 10.2. The third-order valence-corrected chi connectivity index (χ3v) is 10.2. The lowest BCUT2D eigenvalue weighted by Gasteiger charge is -2.19. The fraction of sp³-hybridized carbons (Fsp3) is 0.617. The van der Waals surface area contributed by atoms with Crippen LogP contribution in [0.5, 0.6) is 17.2 Å². The molecule has 322 valence electrons. The number of para-hydroxylation sites is 2. The van der Waals surface area contributed by atoms with Crippen LogP contribution >= 0.6 is 0 Å². The van der Waals surface area contributed by atoms with Crippen molar-refractivity contribution in [1.29, 1.82) is 0 Å². The van der Waals surface area contributed by atoms with Gasteiger partial charge < -0.3 is 34.4 Å². The molecule has 58 heavy (non-hydrogen) atoms. The highest BCUT2D eigenvalue weighted by atomic mass is 16.6. The summed E-state index contributed by atoms with van der Waals surface area (Å²) in [5.74, 6) is -1.05. The number of fused-ring (bicyclic) bond motifs is 1. The number of unbranched alkanes of at least 4 members (excludes halogenated alkanes) is 17. The summed E-state index contributed by atoms with van der Waals surface area (Å²) in [6, 6.07) is 13.3. The molecule has 0 unspecified atom stereocenters. The zero-order valence-corrected chi connectivity index (χ0v) is 35.7. The number of aryl methyl sites for hydroxylation is 1. The second-order valence-electron chi connectivity index (χ2n) is 16.3. The van der Waals surface area contributed by atoms with E-state index < -0.39 is 29.2 Å². The number of esters is 1. The molecule has 0 saturated carbocycles. The Kier molecular flexibility index (Phi) is 21.8. The van der Waals surface area contributed by atoms with E-state index in [1.54, 1.807) is 26.8 Å². The fourth-order valence-corrected chi connectivity index (χ4v) is 7.26. The molecule has 11 heteroatoms. The first-order valence-electron chi connectivity index (χ1n) is 21.8. The van der Waals surface area contributed by atoms with Gasteiger partial charge in [-0.05, 0) is 77.6 Å². The predicted octanol–water partition coefficient (Wildman–Crippen LogP) is 10.7. The number of carbonyl (C=O) groups is 4. The number of Topliss-reactive ketones (excluding diaryl/α,β-unsaturated/α-hetero) is 1. The molecule has 0 aliphatic rings. The monoisotopic (exact) mass is 807 g/mol. The molecule has 0 spiro atoms. The van der Waals surface area contributed by atoms with Crippen LogP contribution in [0.4, 0.5) is 0 Å². The van der Waals surface area contributed by atoms with Crippen molar-refractivity contribution in [3.63, 3.8) is 0 Å². The Bertz CT molecular complexity index is 1710. The maximum atomic E-state index is 13.0. The van der Waals surface area contributed by atoms with Crippen molar-refractivity contribution >= 4 is 34.5 Å². The van der Waals surface area contributed by atoms with Gasteiger partial charge in [-0.1, -0.05) is 115 Å². The molecule has 1 heterocycles. The highest BCUT2D eigenvalue weighted by Crippen LogP contribution is 2.35. The summed E-state index contributed by atoms with van der Waals surface area (Å²) >= 11 is 0. The highest BCUT2D eigenvalue weighted by molar-refractivity contribution is 6.45. The number of carbonyl (C=O) groups excluding carboxylic acids is 3. The summed E-state index contributed by atoms with van der Waals surface area (Å²) in [7, 11) is 0. The van der Waals surface area contributed by atoms with Gasteiger partial charge >= 0.3 is 11.9 Å². The van der Waals surface area contributed by atoms with Crippen LogP contribution in [0.2, 0.25) is 0 Å². The van der Waals surface area contributed by atoms with Crippen molar-refractivity contribution in [2.75, 3.05) is 19.8 Å². The molecule has 11 nitrogen and oxygen atoms in total. The standard InChI is InChI=1S/C47H70N2O9/c1-36-43(45(53)46(48)54)44-37(27-26-30-40(44)57-35-42(52)58-47(2,3)4)49(36)32-23-17-13-9-5-6-10-14-18-24-33-55-38-28-21-22-29-39(38)56-34-25-19-15-11-7-8-12-16-20-31-41(50)51/h21-22,26-30H,5-20,23-25,31-35H2,1-4H3,(H2,48,54)(H,50,51). The van der Waals surface area contributed by atoms with E-state index in [-0.39, 0.29) is 18.6 Å². The zero-order chi connectivity index (χ0) is 42.2. The average molecular weight is 807 g/mol. The molecule has 1 aromatic heterocycles. The number of primary amides is 1. The molecule has 3 N–H and O–H groups in total. The average Bonchev–Trinajstić information content (AvgIpc) is 3.46. The molecule has 0 saturated heterocycles. The summed E-state index contributed by atoms with van der Waals surface area (Å²) in [5, 5.41) is 9.19. The van der Waals surface area contributed by atoms with E-state index in [0.29, 0.717) is 36.6 Å². The van der Waals surface area contributed by atoms with Crippen LogP contribution in [0, 0.1) is 6.92 Å². The molecular weight excluding hydrogens is 737 g/mol. The molecule has 0 atom stereocenters. The Balaban J connectivity index is 1.26. The lowest BCUT2D eigenvalue weighted by Crippen LogP contribution is -2.27. The van der Waals surface area contributed by atoms with Crippen molar-refractivity contribution in [3.05, 3.63) is 53.7 Å². The highest BCUT2D eigenvalue weighted by Gasteiger charge is 2.26. The van der Waals surface area contributed by atoms with Crippen LogP contribution < -0.4 is 19.9 Å². The fourth-order valence-electron chi connectivity index (χ4n) is 7.26. The summed E-state index contributed by atoms with van der Waals surface area (Å²) < 4.78 is 25.4. The number of ketones is 1. The largest absolute Gasteiger partial charge is 0.490 e. The number of amides is 1. The van der Waals surface area contributed by atoms with Gasteiger partial charge in [-0.25, -0.2) is 4.79 Å². The van der Waals surface area contributed by atoms with Gasteiger partial charge in [0.1, 0.15) is 11.4 Å². The normalized spacial score (nSPS) is 11.4. The van der Waals surface area contributed by atoms with Gasteiger partial charge in [0.2, 0.25) is 0 Å². The number of aliphatic carboxylic acids is 1. The summed E-state index contributed by atoms with van der Waals surface area (Å²) in [4.78, 5) is 47.9. The van der Waals surface area contributed by atoms with E-state index in [9.17, 15) is 19.2 Å². The topological polar surface area (TPSA) is 156 Å². The number of rotatable bonds is 32. The molecule has 0 bridgehead atoms. The zero-order valence-electron chi connectivity index (χ0n) is 35.7. The van der Waals surface area contributed by atoms with Gasteiger partial charge in [-0.3, -0.25) is 14.4 Å². The minimum atomic E-state index is -1.03. The maximum absolute atomic E-state index is 13.0. The van der Waals surface area contributed by atoms with Crippen LogP contribution in [0.25, 0.3) is 10.9 Å². The summed E-state index contributed by atoms with van der Waals surface area (Å²) in [6.45, 7) is 8.90. The molecule has 0 fully saturated rings. The number of hydrogen-bond donors (Lipinski definition) is 2. The van der Waals surface area contributed by atoms with Gasteiger partial charge in [-0.15, -0.1) is 0 Å². The maximum Gasteiger partial charge on any atom is 0.344 e. The minimum Gasteiger partial charge on any atom is -0.490 e. The van der Waals surface area contributed by atoms with Crippen molar-refractivity contribution in [1.82, 2.24) is 4.57 Å². The quantitative estimate of drug-likeness (QED) is 0.0271. The van der Waals surface area contributed by atoms with Gasteiger partial charge in [0.05, 0.1) is 29.7 Å². The lowest BCUT2D eigenvalue weighted by atomic mass is 10.1. The van der Waals surface area contributed by atoms with Gasteiger partial charge in [0, 0.05) is 18.7 Å². The second-order valence-corrected chi connectivity index (χ2v) is 16.3. The van der Waals surface area contributed by atoms with Crippen molar-refractivity contribution < 1.29 is 43.2 Å². The van der Waals surface area contributed by atoms with Crippen molar-refractivity contribution in [2.24, 2.45) is 5.73 Å². The first-order chi connectivity index (χ1) is 27.9. The SMILES string of the molecule is Cc1c(C(=O)C(N)=O)c2c(OCC(=O)OC(C)(C)C)cccc2n1CCCCCCCCCCCCOc1ccccc1OCCCCCCCCCCCC(=O)O. The third kappa shape index (κ3) is 17.9. The Morgan fingerprint density at radius 2 is 1.09 bits per heavy atom. The number of hydrogen-bond acceptors (Lipinski definition) is 8. The second kappa shape index (κ2) is 26.5. The van der Waals surface area contributed by atoms with E-state index in [1.165, 1.54) is 57.8 Å². The lowest BCUT2D eigenvalue weighted by molar-refractivity contribution is -0.157. The molecule has 2 aromatic carbocycles. The Hall–Kier alpha value is -4.54. The van der Waals surface area contributed by atoms with E-state index >= 15 is 0 Å². The van der Waals surface area contributed by atoms with E-state index in [0.717, 1.165) is 81.2 Å². The number of benzene rings is 2. The molecule has 3 aromatic rings. The summed E-state index contributed by atoms with van der Waals surface area (Å²) in [6.07, 6.45) is 21.5. The number of nitrogens with zero attached hydrogens (tertiary/aromatic N) is 1. The summed E-state index contributed by atoms with van der Waals surface area (Å²) in [5.41, 5.74) is 6.43. The number of aromatic nitrogens is 1. The molecular formula is C47H70N2O9. The van der Waals surface area contributed by atoms with Crippen LogP contribution in [-0.4, -0.2) is 58.7 Å². The van der Waals surface area contributed by atoms with Crippen LogP contribution in [-0.2, 0) is 25.7 Å². The number of carboxylic acids is 1. The van der Waals surface area contributed by atoms with Gasteiger partial charge in [-0.2, -0.15) is 0 Å². The number of ether oxygens (including phenoxy) is 4. The molecule has 0 radical (unpaired) electrons. The van der Waals surface area contributed by atoms with Crippen LogP contribution in [0.1, 0.15) is 165 Å². The first-order valence-corrected chi connectivity index (χ1v) is 21.8. The number of nitrogens with two attached hydrogens (primary N) is 1. The minimum absolute atomic E-state index is 0.220. The van der Waals surface area contributed by atoms with E-state index in [4.69, 9.17) is 29.8 Å². The Labute approximate surface area is 346 Å². The van der Waals surface area contributed by atoms with Crippen LogP contribution in [0.15, 0.2) is 42.5 Å². The molecule has 1 amide bonds. The molecule has 0 aliphatic heterocycles. The Morgan fingerprint density at radius 3 is 1.57 bits per heavy atom. The van der Waals surface area contributed by atoms with Crippen molar-refractivity contribution in [2.45, 2.75) is 168 Å². The predicted molar refractivity (Wildman–Crippen MR) is 229 cm³/mol. The van der Waals surface area contributed by atoms with Gasteiger partial charge in [0.15, 0.2) is 18.1 Å². The van der Waals surface area contributed by atoms with E-state index in [2.05, 4.69) is 0 Å². The number of carboxylic acid groups (broad SMARTS) is 1. The van der Waals surface area contributed by atoms with Gasteiger partial charge in [0.25, 0.3) is 11.7 Å². The molecule has 3 rings (SSSR count).